The van der Waals surface area contributed by atoms with Gasteiger partial charge >= 0.3 is 5.97 Å². The van der Waals surface area contributed by atoms with Gasteiger partial charge in [0.1, 0.15) is 11.5 Å². The molecule has 0 aliphatic carbocycles. The van der Waals surface area contributed by atoms with Crippen molar-refractivity contribution in [2.24, 2.45) is 0 Å². The van der Waals surface area contributed by atoms with Crippen LogP contribution in [-0.4, -0.2) is 48.3 Å². The highest BCUT2D eigenvalue weighted by Gasteiger charge is 2.20. The molecule has 0 unspecified atom stereocenters. The molecular formula is C17H19N3O4. The molecule has 3 rings (SSSR count). The van der Waals surface area contributed by atoms with E-state index >= 15 is 0 Å². The molecule has 1 saturated heterocycles. The Labute approximate surface area is 139 Å². The minimum atomic E-state index is -0.516. The maximum atomic E-state index is 12.5. The maximum Gasteiger partial charge on any atom is 0.339 e. The van der Waals surface area contributed by atoms with E-state index in [9.17, 15) is 9.59 Å². The molecule has 126 valence electrons. The average Bonchev–Trinajstić information content (AvgIpc) is 2.60. The summed E-state index contributed by atoms with van der Waals surface area (Å²) in [5.74, 6) is 0.0852. The number of hydrogen-bond donors (Lipinski definition) is 0. The number of carbonyl (C=O) groups is 1. The molecule has 3 heterocycles. The molecule has 0 spiro atoms. The molecule has 2 aromatic heterocycles. The Morgan fingerprint density at radius 3 is 2.96 bits per heavy atom. The normalized spacial score (nSPS) is 17.8. The highest BCUT2D eigenvalue weighted by atomic mass is 16.5. The highest BCUT2D eigenvalue weighted by Crippen LogP contribution is 2.18. The van der Waals surface area contributed by atoms with Gasteiger partial charge in [-0.15, -0.1) is 0 Å². The fourth-order valence-electron chi connectivity index (χ4n) is 2.78. The summed E-state index contributed by atoms with van der Waals surface area (Å²) in [6.45, 7) is 7.68. The van der Waals surface area contributed by atoms with Crippen molar-refractivity contribution in [3.05, 3.63) is 46.4 Å². The van der Waals surface area contributed by atoms with Crippen LogP contribution in [0.5, 0.6) is 0 Å². The quantitative estimate of drug-likeness (QED) is 0.792. The van der Waals surface area contributed by atoms with Gasteiger partial charge in [0, 0.05) is 30.9 Å². The van der Waals surface area contributed by atoms with Crippen LogP contribution in [0, 0.1) is 0 Å². The topological polar surface area (TPSA) is 73.1 Å². The van der Waals surface area contributed by atoms with E-state index in [0.717, 1.165) is 0 Å². The Kier molecular flexibility index (Phi) is 4.35. The lowest BCUT2D eigenvalue weighted by atomic mass is 10.2. The molecule has 0 saturated carbocycles. The Morgan fingerprint density at radius 1 is 1.50 bits per heavy atom. The minimum Gasteiger partial charge on any atom is -0.465 e. The minimum absolute atomic E-state index is 0.0829. The molecular weight excluding hydrogens is 310 g/mol. The van der Waals surface area contributed by atoms with E-state index in [1.54, 1.807) is 12.1 Å². The molecule has 7 heteroatoms. The van der Waals surface area contributed by atoms with Crippen LogP contribution in [0.1, 0.15) is 22.8 Å². The molecule has 1 atom stereocenters. The predicted octanol–water partition coefficient (Wildman–Crippen LogP) is 1.35. The molecule has 0 bridgehead atoms. The van der Waals surface area contributed by atoms with Crippen LogP contribution in [0.25, 0.3) is 11.7 Å². The largest absolute Gasteiger partial charge is 0.465 e. The van der Waals surface area contributed by atoms with Gasteiger partial charge < -0.3 is 14.4 Å². The number of rotatable bonds is 3. The number of hydrogen-bond acceptors (Lipinski definition) is 6. The number of methoxy groups -OCH3 is 1. The van der Waals surface area contributed by atoms with Crippen molar-refractivity contribution in [2.75, 3.05) is 31.7 Å². The van der Waals surface area contributed by atoms with Gasteiger partial charge in [-0.1, -0.05) is 12.7 Å². The van der Waals surface area contributed by atoms with E-state index in [4.69, 9.17) is 9.47 Å². The standard InChI is InChI=1S/C17H19N3O4/c1-4-12-7-13(17(22)23-3)10-20-15(21)8-14(18-16(12)20)19-5-6-24-11(2)9-19/h4,7-8,10-11H,1,5-6,9H2,2-3H3/t11-/m1/s1. The Bertz CT molecular complexity index is 859. The van der Waals surface area contributed by atoms with Crippen LogP contribution < -0.4 is 10.5 Å². The molecule has 1 fully saturated rings. The van der Waals surface area contributed by atoms with Gasteiger partial charge in [-0.05, 0) is 13.0 Å². The Balaban J connectivity index is 2.15. The van der Waals surface area contributed by atoms with Gasteiger partial charge in [-0.3, -0.25) is 9.20 Å². The van der Waals surface area contributed by atoms with Crippen LogP contribution in [-0.2, 0) is 9.47 Å². The molecule has 7 nitrogen and oxygen atoms in total. The second kappa shape index (κ2) is 6.45. The van der Waals surface area contributed by atoms with E-state index in [1.165, 1.54) is 23.8 Å². The second-order valence-corrected chi connectivity index (χ2v) is 5.65. The first-order valence-corrected chi connectivity index (χ1v) is 7.68. The molecule has 0 aromatic carbocycles. The fourth-order valence-corrected chi connectivity index (χ4v) is 2.78. The summed E-state index contributed by atoms with van der Waals surface area (Å²) >= 11 is 0. The lowest BCUT2D eigenvalue weighted by Gasteiger charge is -2.32. The molecule has 1 aliphatic rings. The number of morpholine rings is 1. The number of pyridine rings is 1. The van der Waals surface area contributed by atoms with Crippen molar-refractivity contribution in [1.29, 1.82) is 0 Å². The maximum absolute atomic E-state index is 12.5. The van der Waals surface area contributed by atoms with Crippen LogP contribution in [0.3, 0.4) is 0 Å². The third-order valence-corrected chi connectivity index (χ3v) is 3.98. The molecule has 2 aromatic rings. The summed E-state index contributed by atoms with van der Waals surface area (Å²) in [7, 11) is 1.30. The van der Waals surface area contributed by atoms with E-state index in [0.29, 0.717) is 36.7 Å². The highest BCUT2D eigenvalue weighted by molar-refractivity contribution is 5.90. The van der Waals surface area contributed by atoms with Crippen molar-refractivity contribution < 1.29 is 14.3 Å². The van der Waals surface area contributed by atoms with Gasteiger partial charge in [-0.2, -0.15) is 0 Å². The molecule has 1 aliphatic heterocycles. The van der Waals surface area contributed by atoms with Crippen molar-refractivity contribution in [3.8, 4) is 0 Å². The molecule has 0 amide bonds. The van der Waals surface area contributed by atoms with E-state index in [2.05, 4.69) is 11.6 Å². The van der Waals surface area contributed by atoms with Gasteiger partial charge in [0.2, 0.25) is 0 Å². The van der Waals surface area contributed by atoms with Gasteiger partial charge in [0.25, 0.3) is 5.56 Å². The van der Waals surface area contributed by atoms with Crippen molar-refractivity contribution >= 4 is 23.5 Å². The first-order chi connectivity index (χ1) is 11.5. The third-order valence-electron chi connectivity index (χ3n) is 3.98. The first kappa shape index (κ1) is 16.2. The lowest BCUT2D eigenvalue weighted by Crippen LogP contribution is -2.42. The van der Waals surface area contributed by atoms with Gasteiger partial charge in [-0.25, -0.2) is 9.78 Å². The summed E-state index contributed by atoms with van der Waals surface area (Å²) in [6.07, 6.45) is 3.09. The summed E-state index contributed by atoms with van der Waals surface area (Å²) in [6, 6.07) is 3.09. The fraction of sp³-hybridized carbons (Fsp3) is 0.353. The number of nitrogens with zero attached hydrogens (tertiary/aromatic N) is 3. The zero-order chi connectivity index (χ0) is 17.3. The van der Waals surface area contributed by atoms with E-state index in [1.807, 2.05) is 11.8 Å². The lowest BCUT2D eigenvalue weighted by molar-refractivity contribution is 0.0529. The van der Waals surface area contributed by atoms with Gasteiger partial charge in [0.15, 0.2) is 0 Å². The summed E-state index contributed by atoms with van der Waals surface area (Å²) < 4.78 is 11.6. The SMILES string of the molecule is C=Cc1cc(C(=O)OC)cn2c(=O)cc(N3CCO[C@H](C)C3)nc12. The van der Waals surface area contributed by atoms with Crippen LogP contribution in [0.2, 0.25) is 0 Å². The van der Waals surface area contributed by atoms with Crippen molar-refractivity contribution in [3.63, 3.8) is 0 Å². The van der Waals surface area contributed by atoms with Crippen LogP contribution in [0.4, 0.5) is 5.82 Å². The van der Waals surface area contributed by atoms with Gasteiger partial charge in [0.05, 0.1) is 25.4 Å². The first-order valence-electron chi connectivity index (χ1n) is 7.68. The second-order valence-electron chi connectivity index (χ2n) is 5.65. The van der Waals surface area contributed by atoms with Crippen LogP contribution in [0.15, 0.2) is 29.7 Å². The number of aromatic nitrogens is 2. The van der Waals surface area contributed by atoms with Crippen molar-refractivity contribution in [1.82, 2.24) is 9.38 Å². The number of fused-ring (bicyclic) bond motifs is 1. The molecule has 24 heavy (non-hydrogen) atoms. The Hall–Kier alpha value is -2.67. The van der Waals surface area contributed by atoms with E-state index in [-0.39, 0.29) is 17.2 Å². The van der Waals surface area contributed by atoms with E-state index < -0.39 is 5.97 Å². The van der Waals surface area contributed by atoms with Crippen LogP contribution >= 0.6 is 0 Å². The molecule has 0 N–H and O–H groups in total. The number of esters is 1. The monoisotopic (exact) mass is 329 g/mol. The smallest absolute Gasteiger partial charge is 0.339 e. The third kappa shape index (κ3) is 2.90. The zero-order valence-corrected chi connectivity index (χ0v) is 13.7. The Morgan fingerprint density at radius 2 is 2.29 bits per heavy atom. The molecule has 0 radical (unpaired) electrons. The number of ether oxygens (including phenoxy) is 2. The summed E-state index contributed by atoms with van der Waals surface area (Å²) in [4.78, 5) is 30.9. The summed E-state index contributed by atoms with van der Waals surface area (Å²) in [5.41, 5.74) is 1.07. The average molecular weight is 329 g/mol. The predicted molar refractivity (Wildman–Crippen MR) is 90.5 cm³/mol. The van der Waals surface area contributed by atoms with Crippen molar-refractivity contribution in [2.45, 2.75) is 13.0 Å². The zero-order valence-electron chi connectivity index (χ0n) is 13.7. The summed E-state index contributed by atoms with van der Waals surface area (Å²) in [5, 5.41) is 0. The number of anilines is 1. The number of carbonyl (C=O) groups excluding carboxylic acids is 1.